The van der Waals surface area contributed by atoms with Crippen molar-refractivity contribution in [1.82, 2.24) is 9.88 Å². The van der Waals surface area contributed by atoms with Crippen molar-refractivity contribution >= 4 is 17.2 Å². The van der Waals surface area contributed by atoms with Gasteiger partial charge < -0.3 is 9.64 Å². The summed E-state index contributed by atoms with van der Waals surface area (Å²) in [7, 11) is 3.46. The maximum Gasteiger partial charge on any atom is 0.228 e. The van der Waals surface area contributed by atoms with Crippen LogP contribution in [0.1, 0.15) is 11.3 Å². The summed E-state index contributed by atoms with van der Waals surface area (Å²) >= 11 is 1.57. The molecule has 1 aromatic heterocycles. The lowest BCUT2D eigenvalue weighted by Gasteiger charge is -2.17. The van der Waals surface area contributed by atoms with Gasteiger partial charge in [-0.1, -0.05) is 42.5 Å². The molecular formula is C20H20N2O2S. The number of methoxy groups -OCH3 is 1. The normalized spacial score (nSPS) is 10.5. The van der Waals surface area contributed by atoms with Crippen molar-refractivity contribution < 1.29 is 9.53 Å². The lowest BCUT2D eigenvalue weighted by atomic mass is 10.2. The van der Waals surface area contributed by atoms with Crippen molar-refractivity contribution in [2.75, 3.05) is 14.2 Å². The van der Waals surface area contributed by atoms with E-state index in [1.807, 2.05) is 67.0 Å². The molecule has 1 amide bonds. The predicted octanol–water partition coefficient (Wildman–Crippen LogP) is 4.02. The third-order valence-corrected chi connectivity index (χ3v) is 4.85. The third kappa shape index (κ3) is 4.45. The standard InChI is InChI=1S/C20H20N2O2S/c1-22(13-15-8-10-18(24-2)11-9-15)19(23)12-17-14-25-20(21-17)16-6-4-3-5-7-16/h3-11,14H,12-13H2,1-2H3. The largest absolute Gasteiger partial charge is 0.497 e. The molecular weight excluding hydrogens is 332 g/mol. The van der Waals surface area contributed by atoms with Crippen LogP contribution < -0.4 is 4.74 Å². The first-order chi connectivity index (χ1) is 12.2. The zero-order valence-electron chi connectivity index (χ0n) is 14.3. The summed E-state index contributed by atoms with van der Waals surface area (Å²) in [5.41, 5.74) is 2.97. The van der Waals surface area contributed by atoms with Crippen molar-refractivity contribution in [1.29, 1.82) is 0 Å². The lowest BCUT2D eigenvalue weighted by Crippen LogP contribution is -2.27. The molecule has 2 aromatic carbocycles. The molecule has 3 aromatic rings. The number of likely N-dealkylation sites (N-methyl/N-ethyl adjacent to an activating group) is 1. The Hall–Kier alpha value is -2.66. The number of benzene rings is 2. The molecule has 0 saturated heterocycles. The minimum Gasteiger partial charge on any atom is -0.497 e. The first kappa shape index (κ1) is 17.2. The molecule has 0 spiro atoms. The van der Waals surface area contributed by atoms with Gasteiger partial charge in [0.2, 0.25) is 5.91 Å². The summed E-state index contributed by atoms with van der Waals surface area (Å²) in [5.74, 6) is 0.870. The van der Waals surface area contributed by atoms with Gasteiger partial charge in [0.15, 0.2) is 0 Å². The van der Waals surface area contributed by atoms with E-state index >= 15 is 0 Å². The molecule has 0 radical (unpaired) electrons. The molecule has 0 saturated carbocycles. The minimum absolute atomic E-state index is 0.0562. The number of thiazole rings is 1. The molecule has 3 rings (SSSR count). The number of aromatic nitrogens is 1. The smallest absolute Gasteiger partial charge is 0.228 e. The molecule has 1 heterocycles. The monoisotopic (exact) mass is 352 g/mol. The predicted molar refractivity (Wildman–Crippen MR) is 101 cm³/mol. The van der Waals surface area contributed by atoms with Gasteiger partial charge >= 0.3 is 0 Å². The second kappa shape index (κ2) is 7.94. The number of rotatable bonds is 6. The average molecular weight is 352 g/mol. The third-order valence-electron chi connectivity index (χ3n) is 3.91. The number of amides is 1. The summed E-state index contributed by atoms with van der Waals surface area (Å²) < 4.78 is 5.15. The van der Waals surface area contributed by atoms with Crippen LogP contribution in [-0.2, 0) is 17.8 Å². The Balaban J connectivity index is 1.60. The fraction of sp³-hybridized carbons (Fsp3) is 0.200. The summed E-state index contributed by atoms with van der Waals surface area (Å²) in [6, 6.07) is 17.8. The van der Waals surface area contributed by atoms with Gasteiger partial charge in [-0.2, -0.15) is 0 Å². The molecule has 5 heteroatoms. The second-order valence-corrected chi connectivity index (χ2v) is 6.64. The average Bonchev–Trinajstić information content (AvgIpc) is 3.11. The van der Waals surface area contributed by atoms with Crippen LogP contribution in [0.2, 0.25) is 0 Å². The first-order valence-electron chi connectivity index (χ1n) is 8.02. The number of carbonyl (C=O) groups is 1. The van der Waals surface area contributed by atoms with Gasteiger partial charge in [0.05, 0.1) is 19.2 Å². The van der Waals surface area contributed by atoms with Crippen LogP contribution in [0.25, 0.3) is 10.6 Å². The Morgan fingerprint density at radius 1 is 1.12 bits per heavy atom. The Morgan fingerprint density at radius 2 is 1.84 bits per heavy atom. The molecule has 0 aliphatic carbocycles. The quantitative estimate of drug-likeness (QED) is 0.673. The van der Waals surface area contributed by atoms with Crippen molar-refractivity contribution in [2.24, 2.45) is 0 Å². The van der Waals surface area contributed by atoms with Crippen LogP contribution in [0.3, 0.4) is 0 Å². The number of carbonyl (C=O) groups excluding carboxylic acids is 1. The Bertz CT molecular complexity index is 828. The maximum atomic E-state index is 12.5. The van der Waals surface area contributed by atoms with Crippen molar-refractivity contribution in [2.45, 2.75) is 13.0 Å². The van der Waals surface area contributed by atoms with E-state index < -0.39 is 0 Å². The summed E-state index contributed by atoms with van der Waals surface area (Å²) in [6.07, 6.45) is 0.315. The first-order valence-corrected chi connectivity index (χ1v) is 8.90. The van der Waals surface area contributed by atoms with Gasteiger partial charge in [0.25, 0.3) is 0 Å². The molecule has 25 heavy (non-hydrogen) atoms. The van der Waals surface area contributed by atoms with Crippen molar-refractivity contribution in [3.05, 3.63) is 71.2 Å². The highest BCUT2D eigenvalue weighted by atomic mass is 32.1. The Labute approximate surface area is 151 Å². The van der Waals surface area contributed by atoms with Crippen LogP contribution in [-0.4, -0.2) is 29.9 Å². The SMILES string of the molecule is COc1ccc(CN(C)C(=O)Cc2csc(-c3ccccc3)n2)cc1. The van der Waals surface area contributed by atoms with Gasteiger partial charge in [0.1, 0.15) is 10.8 Å². The number of nitrogens with zero attached hydrogens (tertiary/aromatic N) is 2. The zero-order chi connectivity index (χ0) is 17.6. The minimum atomic E-state index is 0.0562. The van der Waals surface area contributed by atoms with Crippen LogP contribution in [0.5, 0.6) is 5.75 Å². The number of hydrogen-bond donors (Lipinski definition) is 0. The molecule has 0 fully saturated rings. The fourth-order valence-electron chi connectivity index (χ4n) is 2.48. The molecule has 0 N–H and O–H groups in total. The second-order valence-electron chi connectivity index (χ2n) is 5.78. The topological polar surface area (TPSA) is 42.4 Å². The lowest BCUT2D eigenvalue weighted by molar-refractivity contribution is -0.129. The van der Waals surface area contributed by atoms with Gasteiger partial charge in [-0.05, 0) is 17.7 Å². The van der Waals surface area contributed by atoms with E-state index in [1.54, 1.807) is 23.3 Å². The van der Waals surface area contributed by atoms with Crippen LogP contribution in [0.15, 0.2) is 60.0 Å². The molecule has 0 bridgehead atoms. The van der Waals surface area contributed by atoms with Crippen molar-refractivity contribution in [3.63, 3.8) is 0 Å². The number of hydrogen-bond acceptors (Lipinski definition) is 4. The summed E-state index contributed by atoms with van der Waals surface area (Å²) in [5, 5.41) is 2.91. The maximum absolute atomic E-state index is 12.5. The van der Waals surface area contributed by atoms with Crippen LogP contribution in [0.4, 0.5) is 0 Å². The van der Waals surface area contributed by atoms with Crippen LogP contribution in [0, 0.1) is 0 Å². The van der Waals surface area contributed by atoms with E-state index in [2.05, 4.69) is 4.98 Å². The van der Waals surface area contributed by atoms with Gasteiger partial charge in [-0.3, -0.25) is 4.79 Å². The van der Waals surface area contributed by atoms with Gasteiger partial charge in [0, 0.05) is 24.5 Å². The summed E-state index contributed by atoms with van der Waals surface area (Å²) in [4.78, 5) is 18.8. The molecule has 4 nitrogen and oxygen atoms in total. The Kier molecular flexibility index (Phi) is 5.46. The highest BCUT2D eigenvalue weighted by Crippen LogP contribution is 2.23. The summed E-state index contributed by atoms with van der Waals surface area (Å²) in [6.45, 7) is 0.568. The van der Waals surface area contributed by atoms with Gasteiger partial charge in [-0.15, -0.1) is 11.3 Å². The molecule has 0 aliphatic heterocycles. The van der Waals surface area contributed by atoms with Crippen LogP contribution >= 0.6 is 11.3 Å². The van der Waals surface area contributed by atoms with E-state index in [4.69, 9.17) is 4.74 Å². The molecule has 0 atom stereocenters. The van der Waals surface area contributed by atoms with E-state index in [9.17, 15) is 4.79 Å². The fourth-order valence-corrected chi connectivity index (χ4v) is 3.31. The molecule has 128 valence electrons. The van der Waals surface area contributed by atoms with E-state index in [0.717, 1.165) is 27.6 Å². The molecule has 0 aliphatic rings. The van der Waals surface area contributed by atoms with E-state index in [-0.39, 0.29) is 5.91 Å². The Morgan fingerprint density at radius 3 is 2.52 bits per heavy atom. The highest BCUT2D eigenvalue weighted by Gasteiger charge is 2.13. The van der Waals surface area contributed by atoms with Crippen molar-refractivity contribution in [3.8, 4) is 16.3 Å². The van der Waals surface area contributed by atoms with Gasteiger partial charge in [-0.25, -0.2) is 4.98 Å². The highest BCUT2D eigenvalue weighted by molar-refractivity contribution is 7.13. The van der Waals surface area contributed by atoms with E-state index in [1.165, 1.54) is 0 Å². The molecule has 0 unspecified atom stereocenters. The zero-order valence-corrected chi connectivity index (χ0v) is 15.1. The number of ether oxygens (including phenoxy) is 1. The van der Waals surface area contributed by atoms with E-state index in [0.29, 0.717) is 13.0 Å².